The summed E-state index contributed by atoms with van der Waals surface area (Å²) in [6.07, 6.45) is 1.02. The number of nitrogens with zero attached hydrogens (tertiary/aromatic N) is 2. The van der Waals surface area contributed by atoms with Gasteiger partial charge in [0.1, 0.15) is 5.52 Å². The van der Waals surface area contributed by atoms with Gasteiger partial charge in [0.15, 0.2) is 0 Å². The Hall–Kier alpha value is -2.00. The summed E-state index contributed by atoms with van der Waals surface area (Å²) in [5.74, 6) is 0.451. The van der Waals surface area contributed by atoms with Crippen LogP contribution in [0.25, 0.3) is 16.7 Å². The summed E-state index contributed by atoms with van der Waals surface area (Å²) in [5.41, 5.74) is 9.98. The van der Waals surface area contributed by atoms with Crippen molar-refractivity contribution in [3.05, 3.63) is 53.1 Å². The van der Waals surface area contributed by atoms with Crippen LogP contribution in [0.3, 0.4) is 0 Å². The van der Waals surface area contributed by atoms with Crippen LogP contribution in [0.5, 0.6) is 0 Å². The summed E-state index contributed by atoms with van der Waals surface area (Å²) < 4.78 is 1.92. The predicted molar refractivity (Wildman–Crippen MR) is 79.9 cm³/mol. The van der Waals surface area contributed by atoms with Crippen LogP contribution in [-0.4, -0.2) is 9.55 Å². The van der Waals surface area contributed by atoms with Gasteiger partial charge in [-0.1, -0.05) is 36.7 Å². The molecule has 0 aliphatic carbocycles. The highest BCUT2D eigenvalue weighted by Crippen LogP contribution is 2.28. The smallest absolute Gasteiger partial charge is 0.205 e. The molecule has 1 aromatic heterocycles. The second kappa shape index (κ2) is 4.59. The molecule has 0 saturated heterocycles. The highest BCUT2D eigenvalue weighted by Gasteiger charge is 2.11. The average molecular weight is 272 g/mol. The fourth-order valence-corrected chi connectivity index (χ4v) is 2.45. The zero-order valence-electron chi connectivity index (χ0n) is 10.6. The number of aromatic nitrogens is 2. The van der Waals surface area contributed by atoms with Crippen molar-refractivity contribution in [2.75, 3.05) is 5.73 Å². The van der Waals surface area contributed by atoms with E-state index in [1.165, 1.54) is 5.56 Å². The van der Waals surface area contributed by atoms with Crippen molar-refractivity contribution in [1.82, 2.24) is 9.55 Å². The van der Waals surface area contributed by atoms with Crippen LogP contribution in [0.1, 0.15) is 12.5 Å². The number of hydrogen-bond acceptors (Lipinski definition) is 2. The molecule has 96 valence electrons. The second-order valence-corrected chi connectivity index (χ2v) is 4.84. The van der Waals surface area contributed by atoms with Crippen molar-refractivity contribution in [2.24, 2.45) is 0 Å². The Morgan fingerprint density at radius 2 is 1.89 bits per heavy atom. The molecule has 4 heteroatoms. The third kappa shape index (κ3) is 1.96. The number of para-hydroxylation sites is 1. The van der Waals surface area contributed by atoms with Gasteiger partial charge in [-0.2, -0.15) is 0 Å². The maximum atomic E-state index is 6.15. The Morgan fingerprint density at radius 1 is 1.16 bits per heavy atom. The average Bonchev–Trinajstić information content (AvgIpc) is 2.77. The number of fused-ring (bicyclic) bond motifs is 1. The zero-order chi connectivity index (χ0) is 13.4. The number of aryl methyl sites for hydroxylation is 1. The minimum Gasteiger partial charge on any atom is -0.369 e. The highest BCUT2D eigenvalue weighted by atomic mass is 35.5. The van der Waals surface area contributed by atoms with Crippen LogP contribution in [0.2, 0.25) is 5.02 Å². The molecule has 0 aliphatic rings. The van der Waals surface area contributed by atoms with Crippen LogP contribution >= 0.6 is 11.6 Å². The molecule has 3 nitrogen and oxygen atoms in total. The maximum Gasteiger partial charge on any atom is 0.205 e. The summed E-state index contributed by atoms with van der Waals surface area (Å²) in [4.78, 5) is 4.34. The van der Waals surface area contributed by atoms with Crippen LogP contribution < -0.4 is 5.73 Å². The van der Waals surface area contributed by atoms with Crippen molar-refractivity contribution in [3.63, 3.8) is 0 Å². The molecular weight excluding hydrogens is 258 g/mol. The monoisotopic (exact) mass is 271 g/mol. The van der Waals surface area contributed by atoms with Crippen molar-refractivity contribution >= 4 is 28.6 Å². The van der Waals surface area contributed by atoms with Crippen molar-refractivity contribution in [3.8, 4) is 5.69 Å². The first kappa shape index (κ1) is 12.1. The molecule has 1 heterocycles. The fraction of sp³-hybridized carbons (Fsp3) is 0.133. The number of halogens is 1. The number of imidazole rings is 1. The van der Waals surface area contributed by atoms with Crippen LogP contribution in [0, 0.1) is 0 Å². The van der Waals surface area contributed by atoms with E-state index >= 15 is 0 Å². The number of rotatable bonds is 2. The van der Waals surface area contributed by atoms with Gasteiger partial charge in [0.2, 0.25) is 5.95 Å². The lowest BCUT2D eigenvalue weighted by Gasteiger charge is -2.07. The Labute approximate surface area is 116 Å². The van der Waals surface area contributed by atoms with Gasteiger partial charge in [0.05, 0.1) is 10.5 Å². The first-order valence-corrected chi connectivity index (χ1v) is 6.60. The fourth-order valence-electron chi connectivity index (χ4n) is 2.24. The third-order valence-corrected chi connectivity index (χ3v) is 3.57. The molecule has 0 bridgehead atoms. The molecule has 2 aromatic carbocycles. The predicted octanol–water partition coefficient (Wildman–Crippen LogP) is 3.82. The largest absolute Gasteiger partial charge is 0.369 e. The first-order chi connectivity index (χ1) is 9.20. The summed E-state index contributed by atoms with van der Waals surface area (Å²) in [7, 11) is 0. The minimum absolute atomic E-state index is 0.451. The van der Waals surface area contributed by atoms with Gasteiger partial charge in [-0.15, -0.1) is 0 Å². The lowest BCUT2D eigenvalue weighted by Crippen LogP contribution is -2.00. The summed E-state index contributed by atoms with van der Waals surface area (Å²) >= 11 is 6.15. The van der Waals surface area contributed by atoms with E-state index < -0.39 is 0 Å². The van der Waals surface area contributed by atoms with Gasteiger partial charge in [-0.25, -0.2) is 4.98 Å². The van der Waals surface area contributed by atoms with E-state index in [4.69, 9.17) is 17.3 Å². The molecule has 19 heavy (non-hydrogen) atoms. The van der Waals surface area contributed by atoms with Crippen molar-refractivity contribution in [2.45, 2.75) is 13.3 Å². The van der Waals surface area contributed by atoms with E-state index in [2.05, 4.69) is 36.2 Å². The quantitative estimate of drug-likeness (QED) is 0.770. The SMILES string of the molecule is CCc1ccc(-n2c(N)nc3c(Cl)cccc32)cc1. The van der Waals surface area contributed by atoms with Gasteiger partial charge < -0.3 is 5.73 Å². The Kier molecular flexibility index (Phi) is 2.91. The Bertz CT molecular complexity index is 729. The molecule has 2 N–H and O–H groups in total. The molecule has 0 fully saturated rings. The highest BCUT2D eigenvalue weighted by molar-refractivity contribution is 6.35. The lowest BCUT2D eigenvalue weighted by atomic mass is 10.1. The van der Waals surface area contributed by atoms with E-state index in [1.54, 1.807) is 0 Å². The first-order valence-electron chi connectivity index (χ1n) is 6.22. The van der Waals surface area contributed by atoms with E-state index in [0.29, 0.717) is 11.0 Å². The summed E-state index contributed by atoms with van der Waals surface area (Å²) in [6.45, 7) is 2.13. The molecule has 0 radical (unpaired) electrons. The topological polar surface area (TPSA) is 43.8 Å². The number of benzene rings is 2. The molecule has 0 aliphatic heterocycles. The number of hydrogen-bond donors (Lipinski definition) is 1. The van der Waals surface area contributed by atoms with Crippen molar-refractivity contribution < 1.29 is 0 Å². The minimum atomic E-state index is 0.451. The van der Waals surface area contributed by atoms with E-state index in [0.717, 1.165) is 23.1 Å². The second-order valence-electron chi connectivity index (χ2n) is 4.43. The van der Waals surface area contributed by atoms with E-state index in [1.807, 2.05) is 22.8 Å². The van der Waals surface area contributed by atoms with E-state index in [-0.39, 0.29) is 0 Å². The van der Waals surface area contributed by atoms with Gasteiger partial charge in [-0.05, 0) is 36.2 Å². The molecular formula is C15H14ClN3. The van der Waals surface area contributed by atoms with Crippen molar-refractivity contribution in [1.29, 1.82) is 0 Å². The molecule has 3 rings (SSSR count). The third-order valence-electron chi connectivity index (χ3n) is 3.26. The molecule has 0 unspecified atom stereocenters. The summed E-state index contributed by atoms with van der Waals surface area (Å²) in [6, 6.07) is 14.0. The molecule has 0 atom stereocenters. The van der Waals surface area contributed by atoms with Gasteiger partial charge in [0, 0.05) is 5.69 Å². The number of nitrogens with two attached hydrogens (primary N) is 1. The van der Waals surface area contributed by atoms with Crippen LogP contribution in [-0.2, 0) is 6.42 Å². The standard InChI is InChI=1S/C15H14ClN3/c1-2-10-6-8-11(9-7-10)19-13-5-3-4-12(16)14(13)18-15(19)17/h3-9H,2H2,1H3,(H2,17,18). The number of anilines is 1. The maximum absolute atomic E-state index is 6.15. The van der Waals surface area contributed by atoms with Gasteiger partial charge in [-0.3, -0.25) is 4.57 Å². The Balaban J connectivity index is 2.23. The van der Waals surface area contributed by atoms with Crippen LogP contribution in [0.4, 0.5) is 5.95 Å². The molecule has 0 amide bonds. The Morgan fingerprint density at radius 3 is 2.58 bits per heavy atom. The van der Waals surface area contributed by atoms with Gasteiger partial charge in [0.25, 0.3) is 0 Å². The molecule has 3 aromatic rings. The van der Waals surface area contributed by atoms with Crippen LogP contribution in [0.15, 0.2) is 42.5 Å². The normalized spacial score (nSPS) is 11.1. The number of nitrogen functional groups attached to an aromatic ring is 1. The van der Waals surface area contributed by atoms with Gasteiger partial charge >= 0.3 is 0 Å². The molecule has 0 spiro atoms. The lowest BCUT2D eigenvalue weighted by molar-refractivity contribution is 1.09. The molecule has 0 saturated carbocycles. The zero-order valence-corrected chi connectivity index (χ0v) is 11.4. The van der Waals surface area contributed by atoms with E-state index in [9.17, 15) is 0 Å². The summed E-state index contributed by atoms with van der Waals surface area (Å²) in [5, 5.41) is 0.619.